The monoisotopic (exact) mass is 305 g/mol. The van der Waals surface area contributed by atoms with Crippen molar-refractivity contribution < 1.29 is 9.53 Å². The highest BCUT2D eigenvalue weighted by Gasteiger charge is 2.14. The van der Waals surface area contributed by atoms with Crippen molar-refractivity contribution in [2.24, 2.45) is 0 Å². The number of carbonyl (C=O) groups excluding carboxylic acids is 1. The number of carbonyl (C=O) groups is 1. The summed E-state index contributed by atoms with van der Waals surface area (Å²) in [7, 11) is 0. The number of rotatable bonds is 7. The van der Waals surface area contributed by atoms with Gasteiger partial charge in [0.05, 0.1) is 12.3 Å². The third kappa shape index (κ3) is 4.09. The molecule has 1 heterocycles. The molecule has 0 aliphatic carbocycles. The lowest BCUT2D eigenvalue weighted by Crippen LogP contribution is -2.23. The van der Waals surface area contributed by atoms with Crippen molar-refractivity contribution in [1.82, 2.24) is 14.9 Å². The molecule has 2 rings (SSSR count). The van der Waals surface area contributed by atoms with Crippen molar-refractivity contribution in [3.05, 3.63) is 46.0 Å². The highest BCUT2D eigenvalue weighted by Crippen LogP contribution is 2.13. The molecule has 0 fully saturated rings. The molecular weight excluding hydrogens is 286 g/mol. The summed E-state index contributed by atoms with van der Waals surface area (Å²) in [4.78, 5) is 12.8. The zero-order chi connectivity index (χ0) is 15.1. The van der Waals surface area contributed by atoms with Crippen LogP contribution in [-0.4, -0.2) is 22.1 Å². The number of amides is 1. The summed E-state index contributed by atoms with van der Waals surface area (Å²) < 4.78 is 9.28. The number of hydrogen-bond acceptors (Lipinski definition) is 5. The van der Waals surface area contributed by atoms with Gasteiger partial charge < -0.3 is 10.1 Å². The fourth-order valence-electron chi connectivity index (χ4n) is 1.95. The van der Waals surface area contributed by atoms with E-state index in [0.29, 0.717) is 31.1 Å². The maximum Gasteiger partial charge on any atom is 0.265 e. The van der Waals surface area contributed by atoms with Gasteiger partial charge in [0.15, 0.2) is 0 Å². The van der Waals surface area contributed by atoms with Gasteiger partial charge in [-0.2, -0.15) is 0 Å². The first-order valence-corrected chi connectivity index (χ1v) is 7.77. The van der Waals surface area contributed by atoms with E-state index in [1.807, 2.05) is 38.1 Å². The van der Waals surface area contributed by atoms with Gasteiger partial charge in [0.1, 0.15) is 4.88 Å². The Hall–Kier alpha value is -1.79. The number of nitrogens with zero attached hydrogens (tertiary/aromatic N) is 2. The van der Waals surface area contributed by atoms with Gasteiger partial charge in [0, 0.05) is 13.2 Å². The number of benzene rings is 1. The summed E-state index contributed by atoms with van der Waals surface area (Å²) in [5.41, 5.74) is 2.91. The van der Waals surface area contributed by atoms with Gasteiger partial charge in [0.25, 0.3) is 5.91 Å². The summed E-state index contributed by atoms with van der Waals surface area (Å²) in [6, 6.07) is 7.95. The maximum absolute atomic E-state index is 12.2. The predicted octanol–water partition coefficient (Wildman–Crippen LogP) is 2.57. The van der Waals surface area contributed by atoms with Gasteiger partial charge in [-0.1, -0.05) is 35.7 Å². The summed E-state index contributed by atoms with van der Waals surface area (Å²) >= 11 is 1.14. The minimum atomic E-state index is -0.118. The van der Waals surface area contributed by atoms with Gasteiger partial charge in [0.2, 0.25) is 0 Å². The Morgan fingerprint density at radius 1 is 1.29 bits per heavy atom. The quantitative estimate of drug-likeness (QED) is 0.854. The lowest BCUT2D eigenvalue weighted by molar-refractivity contribution is 0.0952. The first-order valence-electron chi connectivity index (χ1n) is 7.00. The molecule has 0 unspecified atom stereocenters. The molecule has 1 N–H and O–H groups in total. The molecular formula is C15H19N3O2S. The highest BCUT2D eigenvalue weighted by atomic mass is 32.1. The molecule has 0 spiro atoms. The van der Waals surface area contributed by atoms with Gasteiger partial charge in [-0.15, -0.1) is 5.10 Å². The van der Waals surface area contributed by atoms with Crippen LogP contribution in [0, 0.1) is 0 Å². The van der Waals surface area contributed by atoms with E-state index in [1.165, 1.54) is 0 Å². The van der Waals surface area contributed by atoms with E-state index in [-0.39, 0.29) is 5.91 Å². The molecule has 1 aromatic heterocycles. The fourth-order valence-corrected chi connectivity index (χ4v) is 2.62. The molecule has 2 aromatic rings. The Morgan fingerprint density at radius 3 is 2.76 bits per heavy atom. The Kier molecular flexibility index (Phi) is 5.83. The van der Waals surface area contributed by atoms with E-state index in [9.17, 15) is 4.79 Å². The number of aryl methyl sites for hydroxylation is 1. The Morgan fingerprint density at radius 2 is 2.05 bits per heavy atom. The van der Waals surface area contributed by atoms with Crippen LogP contribution in [0.5, 0.6) is 0 Å². The molecule has 5 nitrogen and oxygen atoms in total. The molecule has 0 aliphatic heterocycles. The van der Waals surface area contributed by atoms with Crippen LogP contribution in [0.2, 0.25) is 0 Å². The lowest BCUT2D eigenvalue weighted by Gasteiger charge is -2.10. The van der Waals surface area contributed by atoms with E-state index in [0.717, 1.165) is 28.4 Å². The van der Waals surface area contributed by atoms with Crippen LogP contribution in [0.3, 0.4) is 0 Å². The second-order valence-electron chi connectivity index (χ2n) is 4.49. The van der Waals surface area contributed by atoms with Crippen molar-refractivity contribution in [3.63, 3.8) is 0 Å². The van der Waals surface area contributed by atoms with Crippen molar-refractivity contribution in [2.45, 2.75) is 33.4 Å². The fraction of sp³-hybridized carbons (Fsp3) is 0.400. The molecule has 0 saturated heterocycles. The van der Waals surface area contributed by atoms with Crippen LogP contribution < -0.4 is 5.32 Å². The van der Waals surface area contributed by atoms with E-state index in [4.69, 9.17) is 4.74 Å². The normalized spacial score (nSPS) is 10.6. The Balaban J connectivity index is 2.01. The van der Waals surface area contributed by atoms with Crippen LogP contribution in [0.4, 0.5) is 0 Å². The molecule has 1 aromatic carbocycles. The minimum absolute atomic E-state index is 0.118. The number of nitrogens with one attached hydrogen (secondary N) is 1. The van der Waals surface area contributed by atoms with Crippen LogP contribution in [0.25, 0.3) is 0 Å². The molecule has 1 amide bonds. The molecule has 112 valence electrons. The molecule has 0 aliphatic rings. The maximum atomic E-state index is 12.2. The number of hydrogen-bond donors (Lipinski definition) is 1. The van der Waals surface area contributed by atoms with Gasteiger partial charge in [-0.05, 0) is 36.0 Å². The van der Waals surface area contributed by atoms with Crippen LogP contribution in [0.15, 0.2) is 24.3 Å². The first-order chi connectivity index (χ1) is 10.3. The second-order valence-corrected chi connectivity index (χ2v) is 5.24. The van der Waals surface area contributed by atoms with Crippen LogP contribution >= 0.6 is 11.5 Å². The Labute approximate surface area is 128 Å². The largest absolute Gasteiger partial charge is 0.377 e. The van der Waals surface area contributed by atoms with E-state index in [2.05, 4.69) is 14.9 Å². The molecule has 0 radical (unpaired) electrons. The third-order valence-corrected chi connectivity index (χ3v) is 3.88. The third-order valence-electron chi connectivity index (χ3n) is 3.12. The predicted molar refractivity (Wildman–Crippen MR) is 82.2 cm³/mol. The second kappa shape index (κ2) is 7.85. The van der Waals surface area contributed by atoms with E-state index < -0.39 is 0 Å². The smallest absolute Gasteiger partial charge is 0.265 e. The van der Waals surface area contributed by atoms with E-state index >= 15 is 0 Å². The van der Waals surface area contributed by atoms with E-state index in [1.54, 1.807) is 0 Å². The van der Waals surface area contributed by atoms with Crippen molar-refractivity contribution in [3.8, 4) is 0 Å². The van der Waals surface area contributed by atoms with Crippen LogP contribution in [-0.2, 0) is 24.3 Å². The lowest BCUT2D eigenvalue weighted by atomic mass is 10.1. The topological polar surface area (TPSA) is 64.1 Å². The average Bonchev–Trinajstić information content (AvgIpc) is 3.00. The summed E-state index contributed by atoms with van der Waals surface area (Å²) in [6.45, 7) is 5.64. The zero-order valence-electron chi connectivity index (χ0n) is 12.3. The summed E-state index contributed by atoms with van der Waals surface area (Å²) in [5.74, 6) is -0.118. The SMILES string of the molecule is CCOCc1ccccc1CNC(=O)c1snnc1CC. The summed E-state index contributed by atoms with van der Waals surface area (Å²) in [5, 5.41) is 6.89. The average molecular weight is 305 g/mol. The van der Waals surface area contributed by atoms with Gasteiger partial charge in [-0.25, -0.2) is 0 Å². The van der Waals surface area contributed by atoms with Crippen LogP contribution in [0.1, 0.15) is 40.3 Å². The first kappa shape index (κ1) is 15.6. The number of ether oxygens (including phenoxy) is 1. The molecule has 0 bridgehead atoms. The summed E-state index contributed by atoms with van der Waals surface area (Å²) in [6.07, 6.45) is 0.709. The molecule has 0 saturated carbocycles. The highest BCUT2D eigenvalue weighted by molar-refractivity contribution is 7.08. The molecule has 21 heavy (non-hydrogen) atoms. The van der Waals surface area contributed by atoms with Gasteiger partial charge in [-0.3, -0.25) is 4.79 Å². The minimum Gasteiger partial charge on any atom is -0.377 e. The molecule has 6 heteroatoms. The Bertz CT molecular complexity index is 598. The van der Waals surface area contributed by atoms with Crippen molar-refractivity contribution >= 4 is 17.4 Å². The zero-order valence-corrected chi connectivity index (χ0v) is 13.1. The van der Waals surface area contributed by atoms with Crippen molar-refractivity contribution in [1.29, 1.82) is 0 Å². The number of aromatic nitrogens is 2. The van der Waals surface area contributed by atoms with Gasteiger partial charge >= 0.3 is 0 Å². The van der Waals surface area contributed by atoms with Crippen molar-refractivity contribution in [2.75, 3.05) is 6.61 Å². The molecule has 0 atom stereocenters. The standard InChI is InChI=1S/C15H19N3O2S/c1-3-13-14(21-18-17-13)15(19)16-9-11-7-5-6-8-12(11)10-20-4-2/h5-8H,3-4,9-10H2,1-2H3,(H,16,19).